The van der Waals surface area contributed by atoms with Crippen molar-refractivity contribution < 1.29 is 29.2 Å². The van der Waals surface area contributed by atoms with Crippen LogP contribution >= 0.6 is 11.8 Å². The van der Waals surface area contributed by atoms with E-state index in [1.165, 1.54) is 37.2 Å². The van der Waals surface area contributed by atoms with Crippen molar-refractivity contribution in [3.63, 3.8) is 0 Å². The molecule has 25 heavy (non-hydrogen) atoms. The molecule has 1 aliphatic rings. The molecule has 0 unspecified atom stereocenters. The molecule has 1 fully saturated rings. The summed E-state index contributed by atoms with van der Waals surface area (Å²) < 4.78 is 24.3. The highest BCUT2D eigenvalue weighted by molar-refractivity contribution is 7.99. The third kappa shape index (κ3) is 3.87. The monoisotopic (exact) mass is 367 g/mol. The van der Waals surface area contributed by atoms with E-state index in [1.54, 1.807) is 18.3 Å². The summed E-state index contributed by atoms with van der Waals surface area (Å²) in [7, 11) is 1.45. The van der Waals surface area contributed by atoms with Gasteiger partial charge in [0.05, 0.1) is 19.4 Å². The lowest BCUT2D eigenvalue weighted by Gasteiger charge is -2.34. The highest BCUT2D eigenvalue weighted by Gasteiger charge is 2.38. The molecule has 1 aliphatic heterocycles. The van der Waals surface area contributed by atoms with Gasteiger partial charge in [0.25, 0.3) is 0 Å². The summed E-state index contributed by atoms with van der Waals surface area (Å²) in [6, 6.07) is 5.87. The van der Waals surface area contributed by atoms with Crippen LogP contribution in [-0.4, -0.2) is 56.9 Å². The van der Waals surface area contributed by atoms with E-state index in [0.29, 0.717) is 22.6 Å². The summed E-state index contributed by atoms with van der Waals surface area (Å²) in [6.45, 7) is 0. The summed E-state index contributed by atoms with van der Waals surface area (Å²) in [5.74, 6) is 0.589. The second-order valence-electron chi connectivity index (χ2n) is 5.62. The second-order valence-corrected chi connectivity index (χ2v) is 6.75. The maximum atomic E-state index is 13.4. The molecule has 0 spiro atoms. The molecule has 2 heterocycles. The number of aliphatic hydroxyl groups excluding tert-OH is 3. The van der Waals surface area contributed by atoms with Crippen molar-refractivity contribution in [3.05, 3.63) is 42.5 Å². The normalized spacial score (nSPS) is 26.3. The Morgan fingerprint density at radius 3 is 2.72 bits per heavy atom. The van der Waals surface area contributed by atoms with Gasteiger partial charge in [-0.05, 0) is 18.2 Å². The number of thioether (sulfide) groups is 1. The van der Waals surface area contributed by atoms with Gasteiger partial charge in [0.2, 0.25) is 0 Å². The van der Waals surface area contributed by atoms with Crippen LogP contribution in [0.2, 0.25) is 0 Å². The van der Waals surface area contributed by atoms with Crippen molar-refractivity contribution in [1.29, 1.82) is 0 Å². The number of pyridine rings is 1. The molecule has 1 aromatic heterocycles. The number of aliphatic hydroxyl groups is 3. The number of hydrogen-bond acceptors (Lipinski definition) is 7. The molecule has 2 aromatic rings. The molecule has 0 aliphatic carbocycles. The van der Waals surface area contributed by atoms with Crippen molar-refractivity contribution in [2.75, 3.05) is 12.9 Å². The van der Waals surface area contributed by atoms with E-state index < -0.39 is 29.6 Å². The predicted octanol–water partition coefficient (Wildman–Crippen LogP) is 1.43. The Morgan fingerprint density at radius 2 is 1.96 bits per heavy atom. The number of halogens is 1. The van der Waals surface area contributed by atoms with Crippen molar-refractivity contribution in [1.82, 2.24) is 4.98 Å². The van der Waals surface area contributed by atoms with Crippen LogP contribution in [0.15, 0.2) is 36.7 Å². The van der Waals surface area contributed by atoms with Crippen LogP contribution < -0.4 is 9.47 Å². The van der Waals surface area contributed by atoms with Crippen LogP contribution in [0.4, 0.5) is 4.39 Å². The first-order chi connectivity index (χ1) is 12.0. The smallest absolute Gasteiger partial charge is 0.173 e. The predicted molar refractivity (Wildman–Crippen MR) is 91.1 cm³/mol. The van der Waals surface area contributed by atoms with Gasteiger partial charge in [-0.15, -0.1) is 11.8 Å². The third-order valence-corrected chi connectivity index (χ3v) is 5.13. The van der Waals surface area contributed by atoms with Crippen LogP contribution in [-0.2, 0) is 0 Å². The zero-order valence-electron chi connectivity index (χ0n) is 13.4. The van der Waals surface area contributed by atoms with Crippen LogP contribution in [0.1, 0.15) is 0 Å². The minimum Gasteiger partial charge on any atom is -0.496 e. The van der Waals surface area contributed by atoms with Crippen molar-refractivity contribution in [2.45, 2.75) is 23.7 Å². The van der Waals surface area contributed by atoms with Gasteiger partial charge in [-0.25, -0.2) is 4.39 Å². The SMILES string of the molecule is COc1cc(F)ccc1-c1cncc(O[C@H]2SC[C@@H](O)[C@H](O)[C@H]2O)c1. The molecule has 0 saturated carbocycles. The highest BCUT2D eigenvalue weighted by Crippen LogP contribution is 2.34. The van der Waals surface area contributed by atoms with E-state index in [0.717, 1.165) is 0 Å². The number of methoxy groups -OCH3 is 1. The number of aromatic nitrogens is 1. The highest BCUT2D eigenvalue weighted by atomic mass is 32.2. The Balaban J connectivity index is 1.83. The Bertz CT molecular complexity index is 747. The van der Waals surface area contributed by atoms with Gasteiger partial charge >= 0.3 is 0 Å². The first-order valence-corrected chi connectivity index (χ1v) is 8.66. The molecule has 3 rings (SSSR count). The number of benzene rings is 1. The van der Waals surface area contributed by atoms with Gasteiger partial charge in [-0.1, -0.05) is 0 Å². The molecule has 3 N–H and O–H groups in total. The summed E-state index contributed by atoms with van der Waals surface area (Å²) in [5.41, 5.74) is 0.574. The molecular formula is C17H18FNO5S. The van der Waals surface area contributed by atoms with Gasteiger partial charge in [0.15, 0.2) is 5.44 Å². The maximum Gasteiger partial charge on any atom is 0.173 e. The van der Waals surface area contributed by atoms with Crippen LogP contribution in [0, 0.1) is 5.82 Å². The van der Waals surface area contributed by atoms with E-state index in [9.17, 15) is 19.7 Å². The van der Waals surface area contributed by atoms with Crippen LogP contribution in [0.3, 0.4) is 0 Å². The number of rotatable bonds is 4. The average Bonchev–Trinajstić information content (AvgIpc) is 2.62. The van der Waals surface area contributed by atoms with Gasteiger partial charge < -0.3 is 24.8 Å². The van der Waals surface area contributed by atoms with Crippen molar-refractivity contribution >= 4 is 11.8 Å². The fraction of sp³-hybridized carbons (Fsp3) is 0.353. The molecule has 6 nitrogen and oxygen atoms in total. The second kappa shape index (κ2) is 7.57. The minimum absolute atomic E-state index is 0.252. The van der Waals surface area contributed by atoms with Crippen LogP contribution in [0.5, 0.6) is 11.5 Å². The molecule has 0 amide bonds. The number of nitrogens with zero attached hydrogens (tertiary/aromatic N) is 1. The minimum atomic E-state index is -1.26. The molecule has 134 valence electrons. The van der Waals surface area contributed by atoms with E-state index >= 15 is 0 Å². The zero-order chi connectivity index (χ0) is 18.0. The van der Waals surface area contributed by atoms with Gasteiger partial charge in [-0.3, -0.25) is 4.98 Å². The molecule has 1 saturated heterocycles. The summed E-state index contributed by atoms with van der Waals surface area (Å²) in [5, 5.41) is 29.4. The lowest BCUT2D eigenvalue weighted by molar-refractivity contribution is -0.0786. The Morgan fingerprint density at radius 1 is 1.16 bits per heavy atom. The molecule has 0 bridgehead atoms. The summed E-state index contributed by atoms with van der Waals surface area (Å²) >= 11 is 1.20. The lowest BCUT2D eigenvalue weighted by atomic mass is 10.1. The Hall–Kier alpha value is -1.87. The fourth-order valence-electron chi connectivity index (χ4n) is 2.55. The van der Waals surface area contributed by atoms with Gasteiger partial charge in [0.1, 0.15) is 29.5 Å². The average molecular weight is 367 g/mol. The fourth-order valence-corrected chi connectivity index (χ4v) is 3.67. The first-order valence-electron chi connectivity index (χ1n) is 7.61. The topological polar surface area (TPSA) is 92.0 Å². The summed E-state index contributed by atoms with van der Waals surface area (Å²) in [4.78, 5) is 4.11. The molecule has 0 radical (unpaired) electrons. The van der Waals surface area contributed by atoms with E-state index in [2.05, 4.69) is 4.98 Å². The number of ether oxygens (including phenoxy) is 2. The van der Waals surface area contributed by atoms with Crippen LogP contribution in [0.25, 0.3) is 11.1 Å². The van der Waals surface area contributed by atoms with Gasteiger partial charge in [0, 0.05) is 29.1 Å². The maximum absolute atomic E-state index is 13.4. The van der Waals surface area contributed by atoms with E-state index in [1.807, 2.05) is 0 Å². The lowest BCUT2D eigenvalue weighted by Crippen LogP contribution is -2.50. The largest absolute Gasteiger partial charge is 0.496 e. The summed E-state index contributed by atoms with van der Waals surface area (Å²) in [6.07, 6.45) is -0.416. The Kier molecular flexibility index (Phi) is 5.43. The first kappa shape index (κ1) is 17.9. The number of hydrogen-bond donors (Lipinski definition) is 3. The molecule has 4 atom stereocenters. The Labute approximate surface area is 148 Å². The molecule has 8 heteroatoms. The van der Waals surface area contributed by atoms with E-state index in [4.69, 9.17) is 9.47 Å². The third-order valence-electron chi connectivity index (χ3n) is 3.89. The molecular weight excluding hydrogens is 349 g/mol. The standard InChI is InChI=1S/C17H18FNO5S/c1-23-14-5-10(18)2-3-12(14)9-4-11(7-19-6-9)24-17-16(22)15(21)13(20)8-25-17/h2-7,13,15-17,20-22H,8H2,1H3/t13-,15+,16-,17+/m1/s1. The van der Waals surface area contributed by atoms with Crippen molar-refractivity contribution in [3.8, 4) is 22.6 Å². The quantitative estimate of drug-likeness (QED) is 0.753. The zero-order valence-corrected chi connectivity index (χ0v) is 14.2. The van der Waals surface area contributed by atoms with Gasteiger partial charge in [-0.2, -0.15) is 0 Å². The van der Waals surface area contributed by atoms with Crippen molar-refractivity contribution in [2.24, 2.45) is 0 Å². The molecule has 1 aromatic carbocycles. The van der Waals surface area contributed by atoms with E-state index in [-0.39, 0.29) is 5.75 Å².